The molecule has 0 saturated carbocycles. The Hall–Kier alpha value is -2.32. The van der Waals surface area contributed by atoms with E-state index in [0.29, 0.717) is 44.4 Å². The summed E-state index contributed by atoms with van der Waals surface area (Å²) in [6.07, 6.45) is -0.0232. The van der Waals surface area contributed by atoms with Gasteiger partial charge >= 0.3 is 6.08 Å². The third-order valence-corrected chi connectivity index (χ3v) is 4.43. The highest BCUT2D eigenvalue weighted by atomic mass is 35.5. The van der Waals surface area contributed by atoms with Crippen molar-refractivity contribution in [2.75, 3.05) is 7.11 Å². The highest BCUT2D eigenvalue weighted by Gasteiger charge is 2.14. The molecule has 0 atom stereocenters. The number of aromatic nitrogens is 2. The zero-order valence-electron chi connectivity index (χ0n) is 13.5. The third-order valence-electron chi connectivity index (χ3n) is 3.33. The van der Waals surface area contributed by atoms with Crippen LogP contribution >= 0.6 is 23.4 Å². The van der Waals surface area contributed by atoms with E-state index in [1.54, 1.807) is 36.4 Å². The fraction of sp³-hybridized carbons (Fsp3) is 0.176. The Balaban J connectivity index is 1.69. The van der Waals surface area contributed by atoms with Gasteiger partial charge in [-0.15, -0.1) is 0 Å². The molecule has 0 radical (unpaired) electrons. The van der Waals surface area contributed by atoms with Crippen LogP contribution in [0.4, 0.5) is 8.78 Å². The van der Waals surface area contributed by atoms with Gasteiger partial charge < -0.3 is 9.47 Å². The van der Waals surface area contributed by atoms with Crippen molar-refractivity contribution in [2.45, 2.75) is 17.3 Å². The number of alkyl halides is 2. The van der Waals surface area contributed by atoms with Crippen molar-refractivity contribution in [1.82, 2.24) is 10.1 Å². The maximum atomic E-state index is 12.5. The fourth-order valence-corrected chi connectivity index (χ4v) is 2.98. The van der Waals surface area contributed by atoms with Crippen LogP contribution in [0.25, 0.3) is 11.4 Å². The molecule has 26 heavy (non-hydrogen) atoms. The van der Waals surface area contributed by atoms with Gasteiger partial charge in [-0.3, -0.25) is 4.52 Å². The predicted molar refractivity (Wildman–Crippen MR) is 93.9 cm³/mol. The smallest absolute Gasteiger partial charge is 0.417 e. The van der Waals surface area contributed by atoms with Crippen LogP contribution in [0.15, 0.2) is 51.9 Å². The molecule has 0 aliphatic carbocycles. The lowest BCUT2D eigenvalue weighted by atomic mass is 10.2. The second kappa shape index (κ2) is 8.37. The van der Waals surface area contributed by atoms with Crippen LogP contribution in [0, 0.1) is 0 Å². The zero-order valence-corrected chi connectivity index (χ0v) is 15.1. The first-order chi connectivity index (χ1) is 12.6. The van der Waals surface area contributed by atoms with E-state index in [4.69, 9.17) is 25.6 Å². The van der Waals surface area contributed by atoms with Crippen molar-refractivity contribution in [3.63, 3.8) is 0 Å². The van der Waals surface area contributed by atoms with E-state index in [9.17, 15) is 8.78 Å². The Labute approximate surface area is 157 Å². The largest absolute Gasteiger partial charge is 0.496 e. The molecule has 3 aromatic rings. The number of methoxy groups -OCH3 is 1. The predicted octanol–water partition coefficient (Wildman–Crippen LogP) is 5.29. The first kappa shape index (κ1) is 18.5. The summed E-state index contributed by atoms with van der Waals surface area (Å²) in [5, 5.41) is 4.33. The van der Waals surface area contributed by atoms with E-state index in [2.05, 4.69) is 10.1 Å². The summed E-state index contributed by atoms with van der Waals surface area (Å²) >= 11 is 6.52. The molecule has 0 spiro atoms. The van der Waals surface area contributed by atoms with Gasteiger partial charge in [-0.2, -0.15) is 13.8 Å². The molecule has 0 saturated heterocycles. The lowest BCUT2D eigenvalue weighted by Crippen LogP contribution is -1.97. The van der Waals surface area contributed by atoms with Gasteiger partial charge in [-0.1, -0.05) is 46.7 Å². The van der Waals surface area contributed by atoms with E-state index in [-0.39, 0.29) is 12.7 Å². The van der Waals surface area contributed by atoms with Crippen LogP contribution in [0.2, 0.25) is 5.02 Å². The van der Waals surface area contributed by atoms with Gasteiger partial charge in [0.15, 0.2) is 0 Å². The first-order valence-corrected chi connectivity index (χ1v) is 8.65. The molecular weight excluding hydrogens is 386 g/mol. The Morgan fingerprint density at radius 1 is 1.23 bits per heavy atom. The summed E-state index contributed by atoms with van der Waals surface area (Å²) in [5.41, 5.74) is 1.33. The van der Waals surface area contributed by atoms with E-state index < -0.39 is 5.76 Å². The number of hydrogen-bond acceptors (Lipinski definition) is 6. The van der Waals surface area contributed by atoms with Crippen LogP contribution in [-0.2, 0) is 6.61 Å². The average Bonchev–Trinajstić information content (AvgIpc) is 3.09. The highest BCUT2D eigenvalue weighted by molar-refractivity contribution is 7.99. The maximum Gasteiger partial charge on any atom is 0.417 e. The third kappa shape index (κ3) is 4.44. The molecule has 0 amide bonds. The van der Waals surface area contributed by atoms with Gasteiger partial charge in [0.2, 0.25) is 5.82 Å². The zero-order chi connectivity index (χ0) is 18.5. The van der Waals surface area contributed by atoms with Gasteiger partial charge in [0, 0.05) is 5.56 Å². The van der Waals surface area contributed by atoms with E-state index in [1.807, 2.05) is 6.07 Å². The average molecular weight is 399 g/mol. The van der Waals surface area contributed by atoms with Crippen molar-refractivity contribution >= 4 is 23.4 Å². The van der Waals surface area contributed by atoms with Crippen molar-refractivity contribution in [3.05, 3.63) is 53.1 Å². The Kier molecular flexibility index (Phi) is 5.95. The van der Waals surface area contributed by atoms with Crippen LogP contribution in [0.1, 0.15) is 5.56 Å². The van der Waals surface area contributed by atoms with Gasteiger partial charge in [0.1, 0.15) is 12.4 Å². The molecule has 2 aromatic carbocycles. The number of thioether (sulfide) groups is 1. The Bertz CT molecular complexity index is 892. The number of rotatable bonds is 7. The molecule has 9 heteroatoms. The molecule has 0 unspecified atom stereocenters. The molecule has 0 bridgehead atoms. The van der Waals surface area contributed by atoms with Crippen LogP contribution in [0.3, 0.4) is 0 Å². The fourth-order valence-electron chi connectivity index (χ4n) is 2.16. The standard InChI is InChI=1S/C17H13ClF2N2O3S/c1-23-13-8-10(6-7-14(13)26-16(19)20)9-24-17-21-15(22-25-17)11-4-2-3-5-12(11)18/h2-8,16H,9H2,1H3. The molecule has 0 aliphatic heterocycles. The second-order valence-electron chi connectivity index (χ2n) is 5.02. The summed E-state index contributed by atoms with van der Waals surface area (Å²) in [7, 11) is 1.42. The van der Waals surface area contributed by atoms with Crippen LogP contribution in [0.5, 0.6) is 11.8 Å². The number of ether oxygens (including phenoxy) is 2. The Morgan fingerprint density at radius 3 is 2.77 bits per heavy atom. The van der Waals surface area contributed by atoms with Gasteiger partial charge in [0.25, 0.3) is 5.76 Å². The van der Waals surface area contributed by atoms with Crippen LogP contribution in [-0.4, -0.2) is 23.0 Å². The molecule has 1 aromatic heterocycles. The lowest BCUT2D eigenvalue weighted by Gasteiger charge is -2.09. The molecule has 0 fully saturated rings. The van der Waals surface area contributed by atoms with E-state index in [0.717, 1.165) is 0 Å². The minimum absolute atomic E-state index is 0.0232. The lowest BCUT2D eigenvalue weighted by molar-refractivity contribution is 0.195. The van der Waals surface area contributed by atoms with Crippen LogP contribution < -0.4 is 9.47 Å². The molecule has 136 valence electrons. The van der Waals surface area contributed by atoms with Gasteiger partial charge in [-0.05, 0) is 29.8 Å². The summed E-state index contributed by atoms with van der Waals surface area (Å²) in [4.78, 5) is 4.49. The van der Waals surface area contributed by atoms with Crippen molar-refractivity contribution in [1.29, 1.82) is 0 Å². The highest BCUT2D eigenvalue weighted by Crippen LogP contribution is 2.34. The van der Waals surface area contributed by atoms with Gasteiger partial charge in [-0.25, -0.2) is 0 Å². The van der Waals surface area contributed by atoms with Crippen molar-refractivity contribution in [2.24, 2.45) is 0 Å². The molecule has 0 aliphatic rings. The summed E-state index contributed by atoms with van der Waals surface area (Å²) in [6.45, 7) is 0.111. The monoisotopic (exact) mass is 398 g/mol. The SMILES string of the molecule is COc1cc(COc2nc(-c3ccccc3Cl)no2)ccc1SC(F)F. The molecule has 1 heterocycles. The number of hydrogen-bond donors (Lipinski definition) is 0. The minimum atomic E-state index is -2.52. The normalized spacial score (nSPS) is 11.0. The number of benzene rings is 2. The quantitative estimate of drug-likeness (QED) is 0.504. The second-order valence-corrected chi connectivity index (χ2v) is 6.46. The maximum absolute atomic E-state index is 12.5. The number of nitrogens with zero attached hydrogens (tertiary/aromatic N) is 2. The topological polar surface area (TPSA) is 57.4 Å². The number of halogens is 3. The summed E-state index contributed by atoms with van der Waals surface area (Å²) in [6, 6.07) is 11.9. The van der Waals surface area contributed by atoms with E-state index >= 15 is 0 Å². The first-order valence-electron chi connectivity index (χ1n) is 7.40. The van der Waals surface area contributed by atoms with E-state index in [1.165, 1.54) is 7.11 Å². The molecule has 0 N–H and O–H groups in total. The minimum Gasteiger partial charge on any atom is -0.496 e. The summed E-state index contributed by atoms with van der Waals surface area (Å²) in [5.74, 6) is -1.86. The molecule has 5 nitrogen and oxygen atoms in total. The molecule has 3 rings (SSSR count). The van der Waals surface area contributed by atoms with Gasteiger partial charge in [0.05, 0.1) is 17.0 Å². The van der Waals surface area contributed by atoms with Crippen molar-refractivity contribution < 1.29 is 22.8 Å². The summed E-state index contributed by atoms with van der Waals surface area (Å²) < 4.78 is 40.7. The Morgan fingerprint density at radius 2 is 2.04 bits per heavy atom. The van der Waals surface area contributed by atoms with Crippen molar-refractivity contribution in [3.8, 4) is 23.2 Å². The molecular formula is C17H13ClF2N2O3S.